The smallest absolute Gasteiger partial charge is 0.148 e. The van der Waals surface area contributed by atoms with Crippen molar-refractivity contribution >= 4 is 11.6 Å². The Morgan fingerprint density at radius 2 is 2.18 bits per heavy atom. The predicted molar refractivity (Wildman–Crippen MR) is 64.2 cm³/mol. The molecule has 1 heterocycles. The van der Waals surface area contributed by atoms with E-state index < -0.39 is 0 Å². The number of halogens is 1. The summed E-state index contributed by atoms with van der Waals surface area (Å²) in [5.41, 5.74) is 1.02. The first-order valence-corrected chi connectivity index (χ1v) is 5.67. The molecule has 2 aromatic rings. The Morgan fingerprint density at radius 1 is 1.35 bits per heavy atom. The van der Waals surface area contributed by atoms with Gasteiger partial charge >= 0.3 is 0 Å². The van der Waals surface area contributed by atoms with E-state index in [0.717, 1.165) is 17.1 Å². The van der Waals surface area contributed by atoms with Crippen molar-refractivity contribution in [3.8, 4) is 5.75 Å². The van der Waals surface area contributed by atoms with Crippen LogP contribution in [0.15, 0.2) is 18.2 Å². The third-order valence-electron chi connectivity index (χ3n) is 2.42. The number of aryl methyl sites for hydroxylation is 2. The first-order valence-electron chi connectivity index (χ1n) is 5.29. The average molecular weight is 253 g/mol. The van der Waals surface area contributed by atoms with Crippen LogP contribution in [-0.4, -0.2) is 26.8 Å². The van der Waals surface area contributed by atoms with Crippen LogP contribution in [0.2, 0.25) is 5.02 Å². The molecule has 0 N–H and O–H groups in total. The molecule has 0 saturated heterocycles. The molecule has 0 unspecified atom stereocenters. The maximum atomic E-state index is 6.05. The van der Waals surface area contributed by atoms with Gasteiger partial charge in [-0.1, -0.05) is 23.7 Å². The minimum absolute atomic E-state index is 0.483. The Hall–Kier alpha value is -1.62. The van der Waals surface area contributed by atoms with E-state index in [0.29, 0.717) is 18.2 Å². The number of para-hydroxylation sites is 1. The number of tetrazole rings is 1. The SMILES string of the molecule is Cc1cccc(Cl)c1OCCn1nnnc1C. The fourth-order valence-corrected chi connectivity index (χ4v) is 1.77. The van der Waals surface area contributed by atoms with Gasteiger partial charge in [0, 0.05) is 0 Å². The van der Waals surface area contributed by atoms with Gasteiger partial charge in [-0.05, 0) is 35.9 Å². The molecule has 90 valence electrons. The summed E-state index contributed by atoms with van der Waals surface area (Å²) in [7, 11) is 0. The lowest BCUT2D eigenvalue weighted by molar-refractivity contribution is 0.286. The highest BCUT2D eigenvalue weighted by Crippen LogP contribution is 2.27. The Labute approximate surface area is 104 Å². The van der Waals surface area contributed by atoms with E-state index in [1.165, 1.54) is 0 Å². The molecule has 1 aromatic heterocycles. The first-order chi connectivity index (χ1) is 8.18. The van der Waals surface area contributed by atoms with E-state index in [-0.39, 0.29) is 0 Å². The zero-order valence-corrected chi connectivity index (χ0v) is 10.5. The number of hydrogen-bond acceptors (Lipinski definition) is 4. The lowest BCUT2D eigenvalue weighted by Crippen LogP contribution is -2.11. The molecular formula is C11H13ClN4O. The summed E-state index contributed by atoms with van der Waals surface area (Å²) in [5, 5.41) is 11.8. The van der Waals surface area contributed by atoms with E-state index >= 15 is 0 Å². The summed E-state index contributed by atoms with van der Waals surface area (Å²) in [4.78, 5) is 0. The van der Waals surface area contributed by atoms with Crippen LogP contribution in [0.4, 0.5) is 0 Å². The maximum Gasteiger partial charge on any atom is 0.148 e. The fourth-order valence-electron chi connectivity index (χ4n) is 1.49. The number of rotatable bonds is 4. The van der Waals surface area contributed by atoms with E-state index in [2.05, 4.69) is 15.5 Å². The van der Waals surface area contributed by atoms with E-state index in [4.69, 9.17) is 16.3 Å². The number of benzene rings is 1. The van der Waals surface area contributed by atoms with Crippen molar-refractivity contribution in [2.75, 3.05) is 6.61 Å². The Balaban J connectivity index is 1.97. The van der Waals surface area contributed by atoms with Gasteiger partial charge in [0.25, 0.3) is 0 Å². The molecule has 0 amide bonds. The molecule has 5 nitrogen and oxygen atoms in total. The summed E-state index contributed by atoms with van der Waals surface area (Å²) in [6, 6.07) is 5.67. The van der Waals surface area contributed by atoms with Gasteiger partial charge in [-0.15, -0.1) is 5.10 Å². The summed E-state index contributed by atoms with van der Waals surface area (Å²) >= 11 is 6.05. The molecule has 0 aliphatic heterocycles. The second-order valence-corrected chi connectivity index (χ2v) is 4.09. The first kappa shape index (κ1) is 11.9. The second kappa shape index (κ2) is 5.14. The molecule has 6 heteroatoms. The third kappa shape index (κ3) is 2.74. The summed E-state index contributed by atoms with van der Waals surface area (Å²) in [6.45, 7) is 4.89. The Kier molecular flexibility index (Phi) is 3.58. The number of nitrogens with zero attached hydrogens (tertiary/aromatic N) is 4. The van der Waals surface area contributed by atoms with Crippen molar-refractivity contribution in [1.29, 1.82) is 0 Å². The Bertz CT molecular complexity index is 492. The highest BCUT2D eigenvalue weighted by atomic mass is 35.5. The summed E-state index contributed by atoms with van der Waals surface area (Å²) in [5.74, 6) is 1.49. The van der Waals surface area contributed by atoms with Crippen molar-refractivity contribution in [3.63, 3.8) is 0 Å². The standard InChI is InChI=1S/C11H13ClN4O/c1-8-4-3-5-10(12)11(8)17-7-6-16-9(2)13-14-15-16/h3-5H,6-7H2,1-2H3. The summed E-state index contributed by atoms with van der Waals surface area (Å²) in [6.07, 6.45) is 0. The van der Waals surface area contributed by atoms with Crippen molar-refractivity contribution in [1.82, 2.24) is 20.2 Å². The minimum Gasteiger partial charge on any atom is -0.490 e. The highest BCUT2D eigenvalue weighted by molar-refractivity contribution is 6.32. The van der Waals surface area contributed by atoms with Gasteiger partial charge in [-0.2, -0.15) is 0 Å². The Morgan fingerprint density at radius 3 is 2.82 bits per heavy atom. The molecule has 0 aliphatic carbocycles. The topological polar surface area (TPSA) is 52.8 Å². The zero-order chi connectivity index (χ0) is 12.3. The molecule has 17 heavy (non-hydrogen) atoms. The van der Waals surface area contributed by atoms with Crippen LogP contribution in [0.25, 0.3) is 0 Å². The predicted octanol–water partition coefficient (Wildman–Crippen LogP) is 2.02. The number of hydrogen-bond donors (Lipinski definition) is 0. The number of ether oxygens (including phenoxy) is 1. The van der Waals surface area contributed by atoms with Crippen LogP contribution < -0.4 is 4.74 Å². The van der Waals surface area contributed by atoms with Crippen LogP contribution in [0.3, 0.4) is 0 Å². The van der Waals surface area contributed by atoms with Crippen molar-refractivity contribution in [2.24, 2.45) is 0 Å². The van der Waals surface area contributed by atoms with Crippen molar-refractivity contribution in [3.05, 3.63) is 34.6 Å². The molecule has 1 aromatic carbocycles. The zero-order valence-electron chi connectivity index (χ0n) is 9.72. The molecule has 0 spiro atoms. The lowest BCUT2D eigenvalue weighted by Gasteiger charge is -2.10. The maximum absolute atomic E-state index is 6.05. The van der Waals surface area contributed by atoms with Crippen LogP contribution >= 0.6 is 11.6 Å². The molecule has 0 radical (unpaired) electrons. The van der Waals surface area contributed by atoms with Crippen LogP contribution in [0.1, 0.15) is 11.4 Å². The van der Waals surface area contributed by atoms with E-state index in [1.807, 2.05) is 32.0 Å². The average Bonchev–Trinajstić information content (AvgIpc) is 2.69. The van der Waals surface area contributed by atoms with Gasteiger partial charge in [0.2, 0.25) is 0 Å². The molecule has 0 bridgehead atoms. The van der Waals surface area contributed by atoms with Crippen molar-refractivity contribution in [2.45, 2.75) is 20.4 Å². The quantitative estimate of drug-likeness (QED) is 0.835. The molecule has 0 saturated carbocycles. The molecule has 2 rings (SSSR count). The van der Waals surface area contributed by atoms with Crippen molar-refractivity contribution < 1.29 is 4.74 Å². The monoisotopic (exact) mass is 252 g/mol. The highest BCUT2D eigenvalue weighted by Gasteiger charge is 2.05. The molecule has 0 atom stereocenters. The molecular weight excluding hydrogens is 240 g/mol. The largest absolute Gasteiger partial charge is 0.490 e. The van der Waals surface area contributed by atoms with Gasteiger partial charge in [0.1, 0.15) is 18.2 Å². The number of aromatic nitrogens is 4. The third-order valence-corrected chi connectivity index (χ3v) is 2.72. The molecule has 0 fully saturated rings. The molecule has 0 aliphatic rings. The minimum atomic E-state index is 0.483. The normalized spacial score (nSPS) is 10.5. The van der Waals surface area contributed by atoms with Gasteiger partial charge in [0.15, 0.2) is 0 Å². The fraction of sp³-hybridized carbons (Fsp3) is 0.364. The van der Waals surface area contributed by atoms with E-state index in [9.17, 15) is 0 Å². The van der Waals surface area contributed by atoms with Crippen LogP contribution in [-0.2, 0) is 6.54 Å². The van der Waals surface area contributed by atoms with Crippen LogP contribution in [0.5, 0.6) is 5.75 Å². The van der Waals surface area contributed by atoms with Gasteiger partial charge in [-0.3, -0.25) is 0 Å². The van der Waals surface area contributed by atoms with Gasteiger partial charge in [0.05, 0.1) is 11.6 Å². The van der Waals surface area contributed by atoms with E-state index in [1.54, 1.807) is 4.68 Å². The van der Waals surface area contributed by atoms with Crippen LogP contribution in [0, 0.1) is 13.8 Å². The van der Waals surface area contributed by atoms with Gasteiger partial charge in [-0.25, -0.2) is 4.68 Å². The van der Waals surface area contributed by atoms with Gasteiger partial charge < -0.3 is 4.74 Å². The second-order valence-electron chi connectivity index (χ2n) is 3.68. The lowest BCUT2D eigenvalue weighted by atomic mass is 10.2. The summed E-state index contributed by atoms with van der Waals surface area (Å²) < 4.78 is 7.33.